The number of pyridine rings is 2. The summed E-state index contributed by atoms with van der Waals surface area (Å²) < 4.78 is 0. The van der Waals surface area contributed by atoms with Gasteiger partial charge in [-0.3, -0.25) is 4.98 Å². The molecular weight excluding hydrogens is 248 g/mol. The molecule has 2 aromatic heterocycles. The van der Waals surface area contributed by atoms with Crippen molar-refractivity contribution >= 4 is 5.82 Å². The molecule has 2 heterocycles. The Kier molecular flexibility index (Phi) is 4.69. The average molecular weight is 270 g/mol. The van der Waals surface area contributed by atoms with Crippen LogP contribution in [0.5, 0.6) is 0 Å². The Hall–Kier alpha value is -1.94. The smallest absolute Gasteiger partial charge is 0.129 e. The van der Waals surface area contributed by atoms with E-state index >= 15 is 0 Å². The lowest BCUT2D eigenvalue weighted by atomic mass is 10.1. The minimum absolute atomic E-state index is 0.392. The number of nitrogens with zero attached hydrogens (tertiary/aromatic N) is 3. The van der Waals surface area contributed by atoms with Gasteiger partial charge in [-0.05, 0) is 35.7 Å². The number of anilines is 1. The fraction of sp³-hybridized carbons (Fsp3) is 0.375. The summed E-state index contributed by atoms with van der Waals surface area (Å²) in [5, 5.41) is 0. The summed E-state index contributed by atoms with van der Waals surface area (Å²) in [6.07, 6.45) is 1.81. The number of hydrogen-bond acceptors (Lipinski definition) is 4. The highest BCUT2D eigenvalue weighted by molar-refractivity contribution is 5.43. The summed E-state index contributed by atoms with van der Waals surface area (Å²) >= 11 is 0. The van der Waals surface area contributed by atoms with Crippen LogP contribution in [0, 0.1) is 0 Å². The lowest BCUT2D eigenvalue weighted by molar-refractivity contribution is 0.795. The van der Waals surface area contributed by atoms with E-state index < -0.39 is 0 Å². The molecule has 0 saturated carbocycles. The molecule has 2 rings (SSSR count). The van der Waals surface area contributed by atoms with E-state index in [0.717, 1.165) is 29.3 Å². The summed E-state index contributed by atoms with van der Waals surface area (Å²) in [7, 11) is 2.03. The summed E-state index contributed by atoms with van der Waals surface area (Å²) in [5.74, 6) is 1.34. The topological polar surface area (TPSA) is 55.0 Å². The fourth-order valence-corrected chi connectivity index (χ4v) is 2.02. The molecule has 0 atom stereocenters. The largest absolute Gasteiger partial charge is 0.354 e. The molecule has 4 heteroatoms. The van der Waals surface area contributed by atoms with E-state index in [4.69, 9.17) is 10.7 Å². The highest BCUT2D eigenvalue weighted by Gasteiger charge is 2.09. The first kappa shape index (κ1) is 14.5. The Labute approximate surface area is 120 Å². The van der Waals surface area contributed by atoms with E-state index in [1.807, 2.05) is 31.4 Å². The predicted molar refractivity (Wildman–Crippen MR) is 82.6 cm³/mol. The molecule has 0 amide bonds. The molecular formula is C16H22N4. The predicted octanol–water partition coefficient (Wildman–Crippen LogP) is 2.70. The van der Waals surface area contributed by atoms with Gasteiger partial charge in [0.1, 0.15) is 5.82 Å². The molecule has 0 radical (unpaired) electrons. The van der Waals surface area contributed by atoms with E-state index in [2.05, 4.69) is 35.9 Å². The Balaban J connectivity index is 2.24. The Morgan fingerprint density at radius 1 is 1.25 bits per heavy atom. The monoisotopic (exact) mass is 270 g/mol. The first-order valence-corrected chi connectivity index (χ1v) is 6.92. The van der Waals surface area contributed by atoms with Crippen molar-refractivity contribution in [3.05, 3.63) is 53.5 Å². The van der Waals surface area contributed by atoms with Gasteiger partial charge < -0.3 is 10.6 Å². The second-order valence-corrected chi connectivity index (χ2v) is 5.29. The van der Waals surface area contributed by atoms with Crippen molar-refractivity contribution in [1.82, 2.24) is 9.97 Å². The van der Waals surface area contributed by atoms with Gasteiger partial charge in [0, 0.05) is 25.5 Å². The van der Waals surface area contributed by atoms with Gasteiger partial charge in [0.15, 0.2) is 0 Å². The summed E-state index contributed by atoms with van der Waals surface area (Å²) in [4.78, 5) is 11.2. The number of aromatic nitrogens is 2. The highest BCUT2D eigenvalue weighted by atomic mass is 15.2. The maximum Gasteiger partial charge on any atom is 0.129 e. The van der Waals surface area contributed by atoms with Gasteiger partial charge in [-0.15, -0.1) is 0 Å². The second-order valence-electron chi connectivity index (χ2n) is 5.29. The van der Waals surface area contributed by atoms with Crippen LogP contribution in [0.1, 0.15) is 36.7 Å². The third-order valence-corrected chi connectivity index (χ3v) is 3.24. The molecule has 0 saturated heterocycles. The van der Waals surface area contributed by atoms with Crippen LogP contribution in [0.15, 0.2) is 36.5 Å². The Bertz CT molecular complexity index is 552. The van der Waals surface area contributed by atoms with Crippen LogP contribution in [0.25, 0.3) is 0 Å². The van der Waals surface area contributed by atoms with Crippen molar-refractivity contribution in [3.63, 3.8) is 0 Å². The Morgan fingerprint density at radius 3 is 2.65 bits per heavy atom. The normalized spacial score (nSPS) is 10.8. The zero-order chi connectivity index (χ0) is 14.5. The van der Waals surface area contributed by atoms with E-state index in [1.54, 1.807) is 0 Å². The molecule has 20 heavy (non-hydrogen) atoms. The van der Waals surface area contributed by atoms with Crippen molar-refractivity contribution in [2.45, 2.75) is 32.9 Å². The van der Waals surface area contributed by atoms with Crippen molar-refractivity contribution < 1.29 is 0 Å². The van der Waals surface area contributed by atoms with Gasteiger partial charge in [0.25, 0.3) is 0 Å². The second kappa shape index (κ2) is 6.48. The van der Waals surface area contributed by atoms with Crippen LogP contribution in [-0.2, 0) is 13.1 Å². The van der Waals surface area contributed by atoms with Crippen LogP contribution < -0.4 is 10.6 Å². The minimum Gasteiger partial charge on any atom is -0.354 e. The van der Waals surface area contributed by atoms with Gasteiger partial charge in [0.2, 0.25) is 0 Å². The van der Waals surface area contributed by atoms with Crippen LogP contribution in [0.3, 0.4) is 0 Å². The molecule has 0 unspecified atom stereocenters. The number of rotatable bonds is 5. The highest BCUT2D eigenvalue weighted by Crippen LogP contribution is 2.20. The Morgan fingerprint density at radius 2 is 2.05 bits per heavy atom. The molecule has 0 spiro atoms. The van der Waals surface area contributed by atoms with Crippen molar-refractivity contribution in [2.24, 2.45) is 5.73 Å². The van der Waals surface area contributed by atoms with Crippen LogP contribution >= 0.6 is 0 Å². The summed E-state index contributed by atoms with van der Waals surface area (Å²) in [6.45, 7) is 5.56. The van der Waals surface area contributed by atoms with Crippen LogP contribution in [-0.4, -0.2) is 17.0 Å². The van der Waals surface area contributed by atoms with E-state index in [9.17, 15) is 0 Å². The van der Waals surface area contributed by atoms with Gasteiger partial charge in [-0.2, -0.15) is 0 Å². The van der Waals surface area contributed by atoms with Gasteiger partial charge in [-0.1, -0.05) is 19.9 Å². The maximum atomic E-state index is 5.78. The molecule has 2 N–H and O–H groups in total. The molecule has 0 aliphatic rings. The van der Waals surface area contributed by atoms with E-state index in [1.165, 1.54) is 0 Å². The van der Waals surface area contributed by atoms with Gasteiger partial charge in [0.05, 0.1) is 12.2 Å². The van der Waals surface area contributed by atoms with Crippen molar-refractivity contribution in [2.75, 3.05) is 11.9 Å². The van der Waals surface area contributed by atoms with Crippen molar-refractivity contribution in [3.8, 4) is 0 Å². The van der Waals surface area contributed by atoms with Crippen LogP contribution in [0.2, 0.25) is 0 Å². The molecule has 2 aromatic rings. The molecule has 0 aliphatic carbocycles. The molecule has 0 bridgehead atoms. The molecule has 0 aromatic carbocycles. The fourth-order valence-electron chi connectivity index (χ4n) is 2.02. The van der Waals surface area contributed by atoms with Crippen molar-refractivity contribution in [1.29, 1.82) is 0 Å². The lowest BCUT2D eigenvalue weighted by Gasteiger charge is -2.20. The third kappa shape index (κ3) is 3.54. The molecule has 4 nitrogen and oxygen atoms in total. The average Bonchev–Trinajstić information content (AvgIpc) is 2.47. The zero-order valence-corrected chi connectivity index (χ0v) is 12.4. The van der Waals surface area contributed by atoms with E-state index in [-0.39, 0.29) is 0 Å². The first-order chi connectivity index (χ1) is 9.60. The lowest BCUT2D eigenvalue weighted by Crippen LogP contribution is -2.19. The quantitative estimate of drug-likeness (QED) is 0.907. The van der Waals surface area contributed by atoms with E-state index in [0.29, 0.717) is 12.5 Å². The summed E-state index contributed by atoms with van der Waals surface area (Å²) in [6, 6.07) is 10.1. The molecule has 0 fully saturated rings. The molecule has 106 valence electrons. The minimum atomic E-state index is 0.392. The maximum absolute atomic E-state index is 5.78. The van der Waals surface area contributed by atoms with Gasteiger partial charge in [-0.25, -0.2) is 4.98 Å². The first-order valence-electron chi connectivity index (χ1n) is 6.92. The van der Waals surface area contributed by atoms with Gasteiger partial charge >= 0.3 is 0 Å². The number of hydrogen-bond donors (Lipinski definition) is 1. The summed E-state index contributed by atoms with van der Waals surface area (Å²) in [5.41, 5.74) is 9.01. The standard InChI is InChI=1S/C16H22N4/c1-12(2)15-8-13(10-17)9-16(19-15)20(3)11-14-6-4-5-7-18-14/h4-9,12H,10-11,17H2,1-3H3. The molecule has 0 aliphatic heterocycles. The third-order valence-electron chi connectivity index (χ3n) is 3.24. The number of nitrogens with two attached hydrogens (primary N) is 1. The zero-order valence-electron chi connectivity index (χ0n) is 12.4. The SMILES string of the molecule is CC(C)c1cc(CN)cc(N(C)Cc2ccccn2)n1. The van der Waals surface area contributed by atoms with Crippen LogP contribution in [0.4, 0.5) is 5.82 Å².